The Morgan fingerprint density at radius 1 is 0.482 bits per heavy atom. The quantitative estimate of drug-likeness (QED) is 0.0480. The Kier molecular flexibility index (Phi) is 43.8. The first-order valence-corrected chi connectivity index (χ1v) is 26.6. The molecule has 0 aliphatic carbocycles. The molecule has 0 bridgehead atoms. The van der Waals surface area contributed by atoms with Crippen LogP contribution in [0, 0.1) is 0 Å². The molecule has 6 nitrogen and oxygen atoms in total. The lowest BCUT2D eigenvalue weighted by Gasteiger charge is -2.29. The summed E-state index contributed by atoms with van der Waals surface area (Å²) in [6.45, 7) is 10.3. The topological polar surface area (TPSA) is 76.1 Å². The average Bonchev–Trinajstić information content (AvgIpc) is 3.19. The average molecular weight is 830 g/mol. The number of aliphatic hydroxyl groups is 1. The molecule has 0 fully saturated rings. The van der Waals surface area contributed by atoms with E-state index in [9.17, 15) is 14.7 Å². The van der Waals surface area contributed by atoms with E-state index in [2.05, 4.69) is 39.6 Å². The molecule has 0 aromatic rings. The molecule has 56 heavy (non-hydrogen) atoms. The molecular formula is C48H95NO5S2. The summed E-state index contributed by atoms with van der Waals surface area (Å²) in [6, 6.07) is 0.497. The van der Waals surface area contributed by atoms with Crippen LogP contribution in [0.1, 0.15) is 233 Å². The minimum atomic E-state index is 0.000331. The predicted octanol–water partition coefficient (Wildman–Crippen LogP) is 14.1. The third-order valence-electron chi connectivity index (χ3n) is 11.1. The summed E-state index contributed by atoms with van der Waals surface area (Å²) < 4.78 is 12.2. The van der Waals surface area contributed by atoms with Gasteiger partial charge in [0.15, 0.2) is 0 Å². The van der Waals surface area contributed by atoms with Gasteiger partial charge in [0.25, 0.3) is 0 Å². The largest absolute Gasteiger partial charge is 0.461 e. The number of ether oxygens (including phenoxy) is 2. The Balaban J connectivity index is 5.04. The van der Waals surface area contributed by atoms with Crippen LogP contribution in [0.3, 0.4) is 0 Å². The second kappa shape index (κ2) is 44.1. The van der Waals surface area contributed by atoms with E-state index in [1.165, 1.54) is 103 Å². The zero-order valence-corrected chi connectivity index (χ0v) is 39.6. The Morgan fingerprint density at radius 2 is 0.857 bits per heavy atom. The molecule has 2 unspecified atom stereocenters. The lowest BCUT2D eigenvalue weighted by Crippen LogP contribution is -2.33. The number of unbranched alkanes of at least 4 members (excludes halogenated alkanes) is 19. The first-order valence-electron chi connectivity index (χ1n) is 24.3. The molecule has 1 N–H and O–H groups in total. The minimum Gasteiger partial charge on any atom is -0.461 e. The fourth-order valence-electron chi connectivity index (χ4n) is 7.38. The van der Waals surface area contributed by atoms with E-state index in [0.29, 0.717) is 18.9 Å². The van der Waals surface area contributed by atoms with Crippen molar-refractivity contribution in [1.82, 2.24) is 4.90 Å². The molecule has 0 aromatic carbocycles. The Bertz CT molecular complexity index is 775. The zero-order chi connectivity index (χ0) is 41.2. The van der Waals surface area contributed by atoms with Gasteiger partial charge < -0.3 is 19.5 Å². The fourth-order valence-corrected chi connectivity index (χ4v) is 9.52. The van der Waals surface area contributed by atoms with Gasteiger partial charge in [-0.1, -0.05) is 143 Å². The van der Waals surface area contributed by atoms with E-state index < -0.39 is 0 Å². The highest BCUT2D eigenvalue weighted by Crippen LogP contribution is 2.22. The molecule has 0 saturated heterocycles. The van der Waals surface area contributed by atoms with Crippen molar-refractivity contribution < 1.29 is 24.2 Å². The number of hydrogen-bond donors (Lipinski definition) is 1. The Hall–Kier alpha value is -0.440. The predicted molar refractivity (Wildman–Crippen MR) is 248 cm³/mol. The second-order valence-corrected chi connectivity index (χ2v) is 19.0. The van der Waals surface area contributed by atoms with Gasteiger partial charge in [-0.15, -0.1) is 0 Å². The number of carbonyl (C=O) groups excluding carboxylic acids is 2. The van der Waals surface area contributed by atoms with Gasteiger partial charge in [0.1, 0.15) is 12.2 Å². The van der Waals surface area contributed by atoms with E-state index in [1.807, 2.05) is 23.5 Å². The minimum absolute atomic E-state index is 0.000331. The van der Waals surface area contributed by atoms with E-state index in [1.54, 1.807) is 0 Å². The smallest absolute Gasteiger partial charge is 0.306 e. The van der Waals surface area contributed by atoms with Crippen LogP contribution in [0.15, 0.2) is 0 Å². The monoisotopic (exact) mass is 830 g/mol. The molecule has 8 heteroatoms. The van der Waals surface area contributed by atoms with Gasteiger partial charge in [-0.05, 0) is 102 Å². The van der Waals surface area contributed by atoms with Gasteiger partial charge in [-0.3, -0.25) is 9.59 Å². The van der Waals surface area contributed by atoms with Crippen LogP contribution in [0.25, 0.3) is 0 Å². The molecule has 334 valence electrons. The van der Waals surface area contributed by atoms with E-state index in [0.717, 1.165) is 119 Å². The molecule has 0 saturated carbocycles. The standard InChI is InChI=1S/C48H95NO5S2/c1-6-10-14-16-18-20-22-36-47(51)53-45(42-55-40-30-12-8-3)34-26-24-32-44(49(5)38-28-29-39-50)33-25-27-35-46(43-56-41-31-13-9-4)54-48(52)37-23-21-19-17-15-11-7-2/h44-46,50H,6-43H2,1-5H3. The van der Waals surface area contributed by atoms with Crippen molar-refractivity contribution in [1.29, 1.82) is 0 Å². The van der Waals surface area contributed by atoms with Crippen molar-refractivity contribution in [3.63, 3.8) is 0 Å². The summed E-state index contributed by atoms with van der Waals surface area (Å²) in [5, 5.41) is 9.41. The van der Waals surface area contributed by atoms with Crippen molar-refractivity contribution in [2.75, 3.05) is 43.2 Å². The normalized spacial score (nSPS) is 13.3. The van der Waals surface area contributed by atoms with Crippen LogP contribution in [-0.2, 0) is 19.1 Å². The number of nitrogens with zero attached hydrogens (tertiary/aromatic N) is 1. The molecule has 0 aromatic heterocycles. The molecule has 0 amide bonds. The van der Waals surface area contributed by atoms with Crippen molar-refractivity contribution in [2.45, 2.75) is 251 Å². The third kappa shape index (κ3) is 37.8. The third-order valence-corrected chi connectivity index (χ3v) is 13.5. The maximum atomic E-state index is 12.8. The summed E-state index contributed by atoms with van der Waals surface area (Å²) in [7, 11) is 2.25. The highest BCUT2D eigenvalue weighted by Gasteiger charge is 2.19. The molecule has 2 atom stereocenters. The van der Waals surface area contributed by atoms with E-state index in [-0.39, 0.29) is 30.8 Å². The van der Waals surface area contributed by atoms with Gasteiger partial charge >= 0.3 is 11.9 Å². The second-order valence-electron chi connectivity index (χ2n) is 16.7. The van der Waals surface area contributed by atoms with Crippen LogP contribution in [-0.4, -0.2) is 83.4 Å². The van der Waals surface area contributed by atoms with Gasteiger partial charge in [0, 0.05) is 37.0 Å². The van der Waals surface area contributed by atoms with Gasteiger partial charge in [0.05, 0.1) is 0 Å². The van der Waals surface area contributed by atoms with Crippen LogP contribution in [0.2, 0.25) is 0 Å². The van der Waals surface area contributed by atoms with Crippen LogP contribution in [0.4, 0.5) is 0 Å². The molecule has 0 spiro atoms. The van der Waals surface area contributed by atoms with Crippen LogP contribution in [0.5, 0.6) is 0 Å². The lowest BCUT2D eigenvalue weighted by atomic mass is 9.99. The fraction of sp³-hybridized carbons (Fsp3) is 0.958. The number of hydrogen-bond acceptors (Lipinski definition) is 8. The van der Waals surface area contributed by atoms with Crippen LogP contribution < -0.4 is 0 Å². The first-order chi connectivity index (χ1) is 27.4. The number of aliphatic hydroxyl groups excluding tert-OH is 1. The molecule has 0 aliphatic rings. The van der Waals surface area contributed by atoms with Crippen molar-refractivity contribution in [3.8, 4) is 0 Å². The van der Waals surface area contributed by atoms with Crippen molar-refractivity contribution in [2.24, 2.45) is 0 Å². The maximum Gasteiger partial charge on any atom is 0.306 e. The summed E-state index contributed by atoms with van der Waals surface area (Å²) in [4.78, 5) is 28.2. The number of rotatable bonds is 45. The summed E-state index contributed by atoms with van der Waals surface area (Å²) >= 11 is 3.92. The van der Waals surface area contributed by atoms with E-state index >= 15 is 0 Å². The number of thioether (sulfide) groups is 2. The maximum absolute atomic E-state index is 12.8. The Labute approximate surface area is 357 Å². The highest BCUT2D eigenvalue weighted by atomic mass is 32.2. The number of esters is 2. The first kappa shape index (κ1) is 55.6. The summed E-state index contributed by atoms with van der Waals surface area (Å²) in [5.74, 6) is 4.13. The molecule has 0 aliphatic heterocycles. The van der Waals surface area contributed by atoms with Crippen molar-refractivity contribution in [3.05, 3.63) is 0 Å². The van der Waals surface area contributed by atoms with E-state index in [4.69, 9.17) is 9.47 Å². The van der Waals surface area contributed by atoms with Crippen molar-refractivity contribution >= 4 is 35.5 Å². The highest BCUT2D eigenvalue weighted by molar-refractivity contribution is 7.99. The van der Waals surface area contributed by atoms with Gasteiger partial charge in [0.2, 0.25) is 0 Å². The van der Waals surface area contributed by atoms with Gasteiger partial charge in [-0.2, -0.15) is 23.5 Å². The number of carbonyl (C=O) groups is 2. The lowest BCUT2D eigenvalue weighted by molar-refractivity contribution is -0.149. The molecular weight excluding hydrogens is 735 g/mol. The molecule has 0 radical (unpaired) electrons. The summed E-state index contributed by atoms with van der Waals surface area (Å²) in [6.07, 6.45) is 36.1. The SMILES string of the molecule is CCCCCCCCCC(=O)OC(CCCCC(CCCCC(CSCCCCC)OC(=O)CCCCCCCCC)N(C)CCCCO)CSCCCCC. The molecule has 0 heterocycles. The Morgan fingerprint density at radius 3 is 1.27 bits per heavy atom. The molecule has 0 rings (SSSR count). The summed E-state index contributed by atoms with van der Waals surface area (Å²) in [5.41, 5.74) is 0. The van der Waals surface area contributed by atoms with Gasteiger partial charge in [-0.25, -0.2) is 0 Å². The van der Waals surface area contributed by atoms with Crippen LogP contribution >= 0.6 is 23.5 Å². The zero-order valence-electron chi connectivity index (χ0n) is 37.9.